The molecule has 0 saturated carbocycles. The molecule has 0 amide bonds. The Bertz CT molecular complexity index is 647. The number of aromatic nitrogens is 1. The molecule has 1 heterocycles. The van der Waals surface area contributed by atoms with Gasteiger partial charge in [-0.05, 0) is 43.7 Å². The minimum Gasteiger partial charge on any atom is -0.496 e. The van der Waals surface area contributed by atoms with E-state index in [0.29, 0.717) is 21.9 Å². The Kier molecular flexibility index (Phi) is 3.43. The number of rotatable bonds is 2. The summed E-state index contributed by atoms with van der Waals surface area (Å²) in [6.45, 7) is 3.82. The minimum absolute atomic E-state index is 0.140. The van der Waals surface area contributed by atoms with Gasteiger partial charge in [0.05, 0.1) is 12.7 Å². The summed E-state index contributed by atoms with van der Waals surface area (Å²) in [5.41, 5.74) is 3.02. The normalized spacial score (nSPS) is 10.4. The van der Waals surface area contributed by atoms with Crippen LogP contribution in [-0.4, -0.2) is 12.1 Å². The van der Waals surface area contributed by atoms with E-state index in [1.807, 2.05) is 19.9 Å². The monoisotopic (exact) mass is 263 g/mol. The molecular formula is C14H14ClNO2. The van der Waals surface area contributed by atoms with Crippen molar-refractivity contribution in [3.05, 3.63) is 50.9 Å². The van der Waals surface area contributed by atoms with E-state index in [4.69, 9.17) is 16.3 Å². The van der Waals surface area contributed by atoms with Gasteiger partial charge in [-0.25, -0.2) is 0 Å². The van der Waals surface area contributed by atoms with Crippen molar-refractivity contribution in [1.29, 1.82) is 0 Å². The molecule has 0 spiro atoms. The molecule has 1 N–H and O–H groups in total. The smallest absolute Gasteiger partial charge is 0.256 e. The maximum absolute atomic E-state index is 12.0. The van der Waals surface area contributed by atoms with Crippen molar-refractivity contribution in [2.24, 2.45) is 0 Å². The summed E-state index contributed by atoms with van der Waals surface area (Å²) >= 11 is 5.98. The molecule has 0 aliphatic heterocycles. The number of hydrogen-bond donors (Lipinski definition) is 1. The fraction of sp³-hybridized carbons (Fsp3) is 0.214. The van der Waals surface area contributed by atoms with Crippen molar-refractivity contribution >= 4 is 11.6 Å². The fourth-order valence-electron chi connectivity index (χ4n) is 1.82. The van der Waals surface area contributed by atoms with Gasteiger partial charge in [-0.2, -0.15) is 0 Å². The first-order valence-electron chi connectivity index (χ1n) is 5.57. The Morgan fingerprint density at radius 2 is 1.89 bits per heavy atom. The van der Waals surface area contributed by atoms with Crippen LogP contribution < -0.4 is 10.3 Å². The van der Waals surface area contributed by atoms with E-state index in [2.05, 4.69) is 4.98 Å². The standard InChI is InChI=1S/C14H14ClNO2/c1-8-6-12(14(17)16-9(8)2)11-7-10(15)4-5-13(11)18-3/h4-7H,1-3H3,(H,16,17). The number of H-pyrrole nitrogens is 1. The van der Waals surface area contributed by atoms with Crippen LogP contribution in [0.5, 0.6) is 5.75 Å². The number of benzene rings is 1. The first kappa shape index (κ1) is 12.7. The largest absolute Gasteiger partial charge is 0.496 e. The highest BCUT2D eigenvalue weighted by Crippen LogP contribution is 2.30. The lowest BCUT2D eigenvalue weighted by Crippen LogP contribution is -2.11. The highest BCUT2D eigenvalue weighted by molar-refractivity contribution is 6.31. The minimum atomic E-state index is -0.140. The van der Waals surface area contributed by atoms with E-state index in [1.54, 1.807) is 25.3 Å². The van der Waals surface area contributed by atoms with Gasteiger partial charge in [-0.1, -0.05) is 11.6 Å². The molecule has 1 aromatic carbocycles. The topological polar surface area (TPSA) is 42.1 Å². The molecule has 94 valence electrons. The Labute approximate surface area is 110 Å². The summed E-state index contributed by atoms with van der Waals surface area (Å²) in [5, 5.41) is 0.573. The Hall–Kier alpha value is -1.74. The lowest BCUT2D eigenvalue weighted by Gasteiger charge is -2.10. The summed E-state index contributed by atoms with van der Waals surface area (Å²) in [6, 6.07) is 7.08. The van der Waals surface area contributed by atoms with Crippen LogP contribution in [0.2, 0.25) is 5.02 Å². The van der Waals surface area contributed by atoms with Gasteiger partial charge in [0, 0.05) is 16.3 Å². The van der Waals surface area contributed by atoms with Crippen LogP contribution in [0.4, 0.5) is 0 Å². The number of aromatic amines is 1. The van der Waals surface area contributed by atoms with E-state index in [-0.39, 0.29) is 5.56 Å². The lowest BCUT2D eigenvalue weighted by atomic mass is 10.0. The van der Waals surface area contributed by atoms with Gasteiger partial charge >= 0.3 is 0 Å². The molecule has 0 unspecified atom stereocenters. The fourth-order valence-corrected chi connectivity index (χ4v) is 1.99. The predicted molar refractivity (Wildman–Crippen MR) is 73.5 cm³/mol. The molecule has 18 heavy (non-hydrogen) atoms. The number of nitrogens with one attached hydrogen (secondary N) is 1. The molecule has 4 heteroatoms. The van der Waals surface area contributed by atoms with Gasteiger partial charge in [0.25, 0.3) is 5.56 Å². The second-order valence-corrected chi connectivity index (χ2v) is 4.60. The highest BCUT2D eigenvalue weighted by atomic mass is 35.5. The van der Waals surface area contributed by atoms with Crippen molar-refractivity contribution in [2.75, 3.05) is 7.11 Å². The van der Waals surface area contributed by atoms with Crippen LogP contribution in [0.1, 0.15) is 11.3 Å². The molecule has 2 aromatic rings. The van der Waals surface area contributed by atoms with Gasteiger partial charge in [0.2, 0.25) is 0 Å². The summed E-state index contributed by atoms with van der Waals surface area (Å²) < 4.78 is 5.27. The number of halogens is 1. The Balaban J connectivity index is 2.72. The zero-order valence-electron chi connectivity index (χ0n) is 10.5. The van der Waals surface area contributed by atoms with Crippen LogP contribution in [0.25, 0.3) is 11.1 Å². The number of pyridine rings is 1. The Morgan fingerprint density at radius 1 is 1.17 bits per heavy atom. The maximum atomic E-state index is 12.0. The van der Waals surface area contributed by atoms with Crippen molar-refractivity contribution in [3.63, 3.8) is 0 Å². The average Bonchev–Trinajstić information content (AvgIpc) is 2.34. The van der Waals surface area contributed by atoms with Crippen LogP contribution >= 0.6 is 11.6 Å². The van der Waals surface area contributed by atoms with Gasteiger partial charge in [0.1, 0.15) is 5.75 Å². The second kappa shape index (κ2) is 4.86. The van der Waals surface area contributed by atoms with Gasteiger partial charge in [0.15, 0.2) is 0 Å². The third-order valence-electron chi connectivity index (χ3n) is 2.95. The first-order valence-corrected chi connectivity index (χ1v) is 5.95. The van der Waals surface area contributed by atoms with E-state index >= 15 is 0 Å². The van der Waals surface area contributed by atoms with E-state index in [9.17, 15) is 4.79 Å². The zero-order chi connectivity index (χ0) is 13.3. The van der Waals surface area contributed by atoms with Crippen molar-refractivity contribution in [2.45, 2.75) is 13.8 Å². The number of hydrogen-bond acceptors (Lipinski definition) is 2. The second-order valence-electron chi connectivity index (χ2n) is 4.16. The third-order valence-corrected chi connectivity index (χ3v) is 3.18. The van der Waals surface area contributed by atoms with Crippen LogP contribution in [-0.2, 0) is 0 Å². The molecule has 3 nitrogen and oxygen atoms in total. The quantitative estimate of drug-likeness (QED) is 0.903. The third kappa shape index (κ3) is 2.27. The Morgan fingerprint density at radius 3 is 2.56 bits per heavy atom. The highest BCUT2D eigenvalue weighted by Gasteiger charge is 2.11. The van der Waals surface area contributed by atoms with E-state index in [0.717, 1.165) is 11.3 Å². The molecule has 0 fully saturated rings. The van der Waals surface area contributed by atoms with Crippen LogP contribution in [0.15, 0.2) is 29.1 Å². The summed E-state index contributed by atoms with van der Waals surface area (Å²) in [4.78, 5) is 14.8. The molecule has 0 aliphatic rings. The molecule has 0 radical (unpaired) electrons. The number of methoxy groups -OCH3 is 1. The molecule has 2 rings (SSSR count). The van der Waals surface area contributed by atoms with Crippen LogP contribution in [0.3, 0.4) is 0 Å². The molecule has 0 bridgehead atoms. The first-order chi connectivity index (χ1) is 8.52. The predicted octanol–water partition coefficient (Wildman–Crippen LogP) is 3.32. The summed E-state index contributed by atoms with van der Waals surface area (Å²) in [5.74, 6) is 0.633. The summed E-state index contributed by atoms with van der Waals surface area (Å²) in [6.07, 6.45) is 0. The van der Waals surface area contributed by atoms with Gasteiger partial charge in [-0.3, -0.25) is 4.79 Å². The number of ether oxygens (including phenoxy) is 1. The molecule has 0 saturated heterocycles. The van der Waals surface area contributed by atoms with Gasteiger partial charge in [-0.15, -0.1) is 0 Å². The van der Waals surface area contributed by atoms with E-state index < -0.39 is 0 Å². The van der Waals surface area contributed by atoms with Crippen molar-refractivity contribution in [1.82, 2.24) is 4.98 Å². The van der Waals surface area contributed by atoms with Gasteiger partial charge < -0.3 is 9.72 Å². The maximum Gasteiger partial charge on any atom is 0.256 e. The van der Waals surface area contributed by atoms with Crippen LogP contribution in [0, 0.1) is 13.8 Å². The lowest BCUT2D eigenvalue weighted by molar-refractivity contribution is 0.416. The number of aryl methyl sites for hydroxylation is 2. The van der Waals surface area contributed by atoms with Crippen molar-refractivity contribution in [3.8, 4) is 16.9 Å². The van der Waals surface area contributed by atoms with Crippen molar-refractivity contribution < 1.29 is 4.74 Å². The summed E-state index contributed by atoms with van der Waals surface area (Å²) in [7, 11) is 1.57. The molecule has 0 aliphatic carbocycles. The molecule has 1 aromatic heterocycles. The average molecular weight is 264 g/mol. The zero-order valence-corrected chi connectivity index (χ0v) is 11.3. The SMILES string of the molecule is COc1ccc(Cl)cc1-c1cc(C)c(C)[nH]c1=O. The van der Waals surface area contributed by atoms with E-state index in [1.165, 1.54) is 0 Å². The molecular weight excluding hydrogens is 250 g/mol. The molecule has 0 atom stereocenters.